The van der Waals surface area contributed by atoms with Gasteiger partial charge in [-0.1, -0.05) is 13.0 Å². The number of carbonyl (C=O) groups excluding carboxylic acids is 1. The summed E-state index contributed by atoms with van der Waals surface area (Å²) in [6.45, 7) is 5.01. The van der Waals surface area contributed by atoms with Crippen molar-refractivity contribution in [1.82, 2.24) is 10.6 Å². The van der Waals surface area contributed by atoms with Crippen LogP contribution in [-0.4, -0.2) is 23.6 Å². The maximum absolute atomic E-state index is 11.2. The molecule has 1 aromatic rings. The van der Waals surface area contributed by atoms with Crippen LogP contribution in [0.3, 0.4) is 0 Å². The quantitative estimate of drug-likeness (QED) is 0.774. The van der Waals surface area contributed by atoms with Crippen molar-refractivity contribution in [3.63, 3.8) is 0 Å². The maximum Gasteiger partial charge on any atom is 0.220 e. The number of rotatable bonds is 2. The molecule has 1 fully saturated rings. The van der Waals surface area contributed by atoms with Gasteiger partial charge in [0.25, 0.3) is 0 Å². The van der Waals surface area contributed by atoms with Gasteiger partial charge in [0.2, 0.25) is 5.91 Å². The van der Waals surface area contributed by atoms with E-state index in [1.165, 1.54) is 11.1 Å². The third-order valence-electron chi connectivity index (χ3n) is 4.62. The molecule has 20 heavy (non-hydrogen) atoms. The number of aryl methyl sites for hydroxylation is 1. The second-order valence-electron chi connectivity index (χ2n) is 6.12. The first-order valence-electron chi connectivity index (χ1n) is 7.41. The predicted molar refractivity (Wildman–Crippen MR) is 77.8 cm³/mol. The lowest BCUT2D eigenvalue weighted by Crippen LogP contribution is -2.46. The van der Waals surface area contributed by atoms with E-state index in [0.717, 1.165) is 18.4 Å². The number of carbonyl (C=O) groups is 1. The van der Waals surface area contributed by atoms with E-state index in [1.54, 1.807) is 6.07 Å². The molecule has 0 bridgehead atoms. The SMILES string of the molecule is Cc1ccc(O)c2c1C(C)CC2NC1CCC(=O)NC1. The number of aromatic hydroxyl groups is 1. The summed E-state index contributed by atoms with van der Waals surface area (Å²) in [7, 11) is 0. The van der Waals surface area contributed by atoms with Gasteiger partial charge in [-0.15, -0.1) is 0 Å². The Labute approximate surface area is 119 Å². The zero-order valence-electron chi connectivity index (χ0n) is 12.1. The molecule has 2 aliphatic rings. The number of hydrogen-bond donors (Lipinski definition) is 3. The first-order chi connectivity index (χ1) is 9.56. The van der Waals surface area contributed by atoms with Gasteiger partial charge < -0.3 is 15.7 Å². The second kappa shape index (κ2) is 5.09. The van der Waals surface area contributed by atoms with E-state index in [1.807, 2.05) is 6.07 Å². The molecule has 1 aliphatic carbocycles. The summed E-state index contributed by atoms with van der Waals surface area (Å²) >= 11 is 0. The van der Waals surface area contributed by atoms with Crippen molar-refractivity contribution in [2.45, 2.75) is 51.1 Å². The lowest BCUT2D eigenvalue weighted by atomic mass is 9.97. The standard InChI is InChI=1S/C16H22N2O2/c1-9-3-5-13(19)16-12(7-10(2)15(9)16)18-11-4-6-14(20)17-8-11/h3,5,10-12,18-19H,4,6-8H2,1-2H3,(H,17,20). The summed E-state index contributed by atoms with van der Waals surface area (Å²) in [5.74, 6) is 1.00. The van der Waals surface area contributed by atoms with Gasteiger partial charge in [-0.2, -0.15) is 0 Å². The minimum atomic E-state index is 0.141. The van der Waals surface area contributed by atoms with Gasteiger partial charge in [0.1, 0.15) is 5.75 Å². The molecular formula is C16H22N2O2. The summed E-state index contributed by atoms with van der Waals surface area (Å²) in [6.07, 6.45) is 2.48. The van der Waals surface area contributed by atoms with Crippen LogP contribution in [0.5, 0.6) is 5.75 Å². The second-order valence-corrected chi connectivity index (χ2v) is 6.12. The Bertz CT molecular complexity index is 532. The van der Waals surface area contributed by atoms with Crippen molar-refractivity contribution in [2.75, 3.05) is 6.54 Å². The van der Waals surface area contributed by atoms with Crippen LogP contribution in [-0.2, 0) is 4.79 Å². The zero-order valence-corrected chi connectivity index (χ0v) is 12.1. The van der Waals surface area contributed by atoms with E-state index in [9.17, 15) is 9.90 Å². The molecule has 4 nitrogen and oxygen atoms in total. The summed E-state index contributed by atoms with van der Waals surface area (Å²) in [5, 5.41) is 16.7. The van der Waals surface area contributed by atoms with E-state index >= 15 is 0 Å². The van der Waals surface area contributed by atoms with Crippen molar-refractivity contribution in [3.05, 3.63) is 28.8 Å². The molecule has 0 radical (unpaired) electrons. The highest BCUT2D eigenvalue weighted by Crippen LogP contribution is 2.46. The van der Waals surface area contributed by atoms with Gasteiger partial charge in [0, 0.05) is 30.6 Å². The lowest BCUT2D eigenvalue weighted by Gasteiger charge is -2.27. The van der Waals surface area contributed by atoms with Crippen LogP contribution in [0.25, 0.3) is 0 Å². The number of nitrogens with one attached hydrogen (secondary N) is 2. The van der Waals surface area contributed by atoms with E-state index in [-0.39, 0.29) is 11.9 Å². The minimum Gasteiger partial charge on any atom is -0.508 e. The van der Waals surface area contributed by atoms with Crippen molar-refractivity contribution in [2.24, 2.45) is 0 Å². The molecule has 4 heteroatoms. The summed E-state index contributed by atoms with van der Waals surface area (Å²) in [5.41, 5.74) is 3.61. The molecule has 0 saturated carbocycles. The third-order valence-corrected chi connectivity index (χ3v) is 4.62. The van der Waals surface area contributed by atoms with Gasteiger partial charge in [0.05, 0.1) is 0 Å². The number of benzene rings is 1. The molecule has 0 aromatic heterocycles. The monoisotopic (exact) mass is 274 g/mol. The van der Waals surface area contributed by atoms with Crippen molar-refractivity contribution in [1.29, 1.82) is 0 Å². The Kier molecular flexibility index (Phi) is 3.42. The van der Waals surface area contributed by atoms with Gasteiger partial charge in [-0.25, -0.2) is 0 Å². The average Bonchev–Trinajstić information content (AvgIpc) is 2.75. The molecule has 3 atom stereocenters. The summed E-state index contributed by atoms with van der Waals surface area (Å²) in [4.78, 5) is 11.2. The topological polar surface area (TPSA) is 61.4 Å². The first-order valence-corrected chi connectivity index (χ1v) is 7.41. The van der Waals surface area contributed by atoms with Crippen LogP contribution < -0.4 is 10.6 Å². The number of piperidine rings is 1. The predicted octanol–water partition coefficient (Wildman–Crippen LogP) is 2.12. The van der Waals surface area contributed by atoms with Crippen LogP contribution in [0.15, 0.2) is 12.1 Å². The van der Waals surface area contributed by atoms with Crippen molar-refractivity contribution >= 4 is 5.91 Å². The molecule has 1 heterocycles. The third kappa shape index (κ3) is 2.29. The fraction of sp³-hybridized carbons (Fsp3) is 0.562. The Morgan fingerprint density at radius 3 is 2.85 bits per heavy atom. The fourth-order valence-electron chi connectivity index (χ4n) is 3.65. The van der Waals surface area contributed by atoms with E-state index in [0.29, 0.717) is 30.7 Å². The smallest absolute Gasteiger partial charge is 0.220 e. The Morgan fingerprint density at radius 2 is 2.15 bits per heavy atom. The molecule has 1 aliphatic heterocycles. The molecule has 108 valence electrons. The van der Waals surface area contributed by atoms with Gasteiger partial charge >= 0.3 is 0 Å². The van der Waals surface area contributed by atoms with Crippen molar-refractivity contribution in [3.8, 4) is 5.75 Å². The van der Waals surface area contributed by atoms with Gasteiger partial charge in [-0.05, 0) is 42.9 Å². The first kappa shape index (κ1) is 13.4. The molecule has 1 amide bonds. The number of fused-ring (bicyclic) bond motifs is 1. The van der Waals surface area contributed by atoms with Crippen LogP contribution >= 0.6 is 0 Å². The Morgan fingerprint density at radius 1 is 1.35 bits per heavy atom. The Balaban J connectivity index is 1.81. The average molecular weight is 274 g/mol. The molecule has 1 saturated heterocycles. The highest BCUT2D eigenvalue weighted by atomic mass is 16.3. The number of hydrogen-bond acceptors (Lipinski definition) is 3. The van der Waals surface area contributed by atoms with Gasteiger partial charge in [0.15, 0.2) is 0 Å². The minimum absolute atomic E-state index is 0.141. The molecule has 0 spiro atoms. The molecule has 3 N–H and O–H groups in total. The Hall–Kier alpha value is -1.55. The molecular weight excluding hydrogens is 252 g/mol. The van der Waals surface area contributed by atoms with E-state index in [2.05, 4.69) is 24.5 Å². The fourth-order valence-corrected chi connectivity index (χ4v) is 3.65. The highest BCUT2D eigenvalue weighted by molar-refractivity contribution is 5.76. The number of amides is 1. The normalized spacial score (nSPS) is 29.1. The largest absolute Gasteiger partial charge is 0.508 e. The zero-order chi connectivity index (χ0) is 14.3. The molecule has 1 aromatic carbocycles. The van der Waals surface area contributed by atoms with Crippen LogP contribution in [0.1, 0.15) is 54.8 Å². The lowest BCUT2D eigenvalue weighted by molar-refractivity contribution is -0.122. The highest BCUT2D eigenvalue weighted by Gasteiger charge is 2.33. The molecule has 3 rings (SSSR count). The van der Waals surface area contributed by atoms with Crippen LogP contribution in [0, 0.1) is 6.92 Å². The molecule has 3 unspecified atom stereocenters. The summed E-state index contributed by atoms with van der Waals surface area (Å²) in [6, 6.07) is 4.29. The van der Waals surface area contributed by atoms with Crippen LogP contribution in [0.2, 0.25) is 0 Å². The van der Waals surface area contributed by atoms with Crippen molar-refractivity contribution < 1.29 is 9.90 Å². The van der Waals surface area contributed by atoms with E-state index < -0.39 is 0 Å². The van der Waals surface area contributed by atoms with Crippen LogP contribution in [0.4, 0.5) is 0 Å². The van der Waals surface area contributed by atoms with Gasteiger partial charge in [-0.3, -0.25) is 4.79 Å². The van der Waals surface area contributed by atoms with E-state index in [4.69, 9.17) is 0 Å². The number of phenols is 1. The summed E-state index contributed by atoms with van der Waals surface area (Å²) < 4.78 is 0. The number of phenolic OH excluding ortho intramolecular Hbond substituents is 1. The maximum atomic E-state index is 11.2.